The standard InChI is InChI=1S/C11H8Cl2FNO/c1-5(16)8-4-15-11-7(10(8)13)2-6(14)3-9(11)12/h2-5,16H,1H3. The van der Waals surface area contributed by atoms with E-state index >= 15 is 0 Å². The average molecular weight is 260 g/mol. The van der Waals surface area contributed by atoms with Crippen LogP contribution in [-0.4, -0.2) is 10.1 Å². The maximum Gasteiger partial charge on any atom is 0.125 e. The fraction of sp³-hybridized carbons (Fsp3) is 0.182. The van der Waals surface area contributed by atoms with Gasteiger partial charge in [0.2, 0.25) is 0 Å². The zero-order valence-corrected chi connectivity index (χ0v) is 9.85. The van der Waals surface area contributed by atoms with Gasteiger partial charge >= 0.3 is 0 Å². The van der Waals surface area contributed by atoms with E-state index in [0.29, 0.717) is 16.5 Å². The molecular weight excluding hydrogens is 252 g/mol. The first-order chi connectivity index (χ1) is 7.50. The summed E-state index contributed by atoms with van der Waals surface area (Å²) in [6, 6.07) is 2.43. The molecule has 0 aliphatic heterocycles. The van der Waals surface area contributed by atoms with Gasteiger partial charge in [-0.1, -0.05) is 23.2 Å². The number of hydrogen-bond acceptors (Lipinski definition) is 2. The second-order valence-electron chi connectivity index (χ2n) is 3.49. The molecule has 1 aromatic carbocycles. The lowest BCUT2D eigenvalue weighted by molar-refractivity contribution is 0.199. The molecule has 2 rings (SSSR count). The van der Waals surface area contributed by atoms with E-state index in [4.69, 9.17) is 23.2 Å². The second kappa shape index (κ2) is 4.17. The van der Waals surface area contributed by atoms with Gasteiger partial charge in [-0.2, -0.15) is 0 Å². The Morgan fingerprint density at radius 2 is 2.06 bits per heavy atom. The lowest BCUT2D eigenvalue weighted by atomic mass is 10.1. The fourth-order valence-electron chi connectivity index (χ4n) is 1.50. The highest BCUT2D eigenvalue weighted by Crippen LogP contribution is 2.33. The molecule has 84 valence electrons. The van der Waals surface area contributed by atoms with Gasteiger partial charge in [-0.15, -0.1) is 0 Å². The van der Waals surface area contributed by atoms with E-state index in [1.54, 1.807) is 6.92 Å². The molecule has 0 saturated heterocycles. The van der Waals surface area contributed by atoms with Gasteiger partial charge in [-0.05, 0) is 19.1 Å². The Kier molecular flexibility index (Phi) is 3.02. The third-order valence-corrected chi connectivity index (χ3v) is 3.01. The number of aliphatic hydroxyl groups is 1. The van der Waals surface area contributed by atoms with Crippen LogP contribution >= 0.6 is 23.2 Å². The average Bonchev–Trinajstić information content (AvgIpc) is 2.19. The molecule has 16 heavy (non-hydrogen) atoms. The Morgan fingerprint density at radius 3 is 2.69 bits per heavy atom. The van der Waals surface area contributed by atoms with Crippen LogP contribution in [0.2, 0.25) is 10.0 Å². The Bertz CT molecular complexity index is 557. The minimum absolute atomic E-state index is 0.203. The summed E-state index contributed by atoms with van der Waals surface area (Å²) in [6.45, 7) is 1.57. The Balaban J connectivity index is 2.83. The van der Waals surface area contributed by atoms with Crippen molar-refractivity contribution in [1.29, 1.82) is 0 Å². The molecule has 1 heterocycles. The van der Waals surface area contributed by atoms with Crippen LogP contribution < -0.4 is 0 Å². The number of benzene rings is 1. The molecule has 2 aromatic rings. The molecule has 1 atom stereocenters. The number of halogens is 3. The second-order valence-corrected chi connectivity index (χ2v) is 4.27. The Labute approximate surface area is 102 Å². The predicted molar refractivity (Wildman–Crippen MR) is 62.4 cm³/mol. The van der Waals surface area contributed by atoms with E-state index in [1.165, 1.54) is 18.3 Å². The molecule has 0 bridgehead atoms. The first-order valence-corrected chi connectivity index (χ1v) is 5.37. The summed E-state index contributed by atoms with van der Waals surface area (Å²) >= 11 is 11.9. The number of aliphatic hydroxyl groups excluding tert-OH is 1. The highest BCUT2D eigenvalue weighted by Gasteiger charge is 2.13. The third-order valence-electron chi connectivity index (χ3n) is 2.30. The highest BCUT2D eigenvalue weighted by molar-refractivity contribution is 6.39. The van der Waals surface area contributed by atoms with E-state index in [-0.39, 0.29) is 10.0 Å². The van der Waals surface area contributed by atoms with Gasteiger partial charge in [-0.25, -0.2) is 4.39 Å². The zero-order chi connectivity index (χ0) is 11.9. The smallest absolute Gasteiger partial charge is 0.125 e. The predicted octanol–water partition coefficient (Wildman–Crippen LogP) is 3.73. The SMILES string of the molecule is CC(O)c1cnc2c(Cl)cc(F)cc2c1Cl. The zero-order valence-electron chi connectivity index (χ0n) is 8.34. The number of fused-ring (bicyclic) bond motifs is 1. The van der Waals surface area contributed by atoms with Crippen LogP contribution in [0, 0.1) is 5.82 Å². The minimum atomic E-state index is -0.758. The van der Waals surface area contributed by atoms with Crippen LogP contribution in [0.15, 0.2) is 18.3 Å². The van der Waals surface area contributed by atoms with Crippen LogP contribution in [0.25, 0.3) is 10.9 Å². The number of pyridine rings is 1. The van der Waals surface area contributed by atoms with Crippen LogP contribution in [0.5, 0.6) is 0 Å². The van der Waals surface area contributed by atoms with Gasteiger partial charge < -0.3 is 5.11 Å². The molecule has 0 spiro atoms. The lowest BCUT2D eigenvalue weighted by Gasteiger charge is -2.10. The maximum absolute atomic E-state index is 13.2. The van der Waals surface area contributed by atoms with Crippen molar-refractivity contribution >= 4 is 34.1 Å². The van der Waals surface area contributed by atoms with Gasteiger partial charge in [0.05, 0.1) is 21.7 Å². The van der Waals surface area contributed by atoms with Crippen molar-refractivity contribution in [3.63, 3.8) is 0 Å². The van der Waals surface area contributed by atoms with Crippen LogP contribution in [0.1, 0.15) is 18.6 Å². The van der Waals surface area contributed by atoms with E-state index in [1.807, 2.05) is 0 Å². The van der Waals surface area contributed by atoms with E-state index < -0.39 is 11.9 Å². The molecule has 1 unspecified atom stereocenters. The summed E-state index contributed by atoms with van der Waals surface area (Å²) in [6.07, 6.45) is 0.686. The molecule has 0 radical (unpaired) electrons. The quantitative estimate of drug-likeness (QED) is 0.847. The van der Waals surface area contributed by atoms with Gasteiger partial charge in [0, 0.05) is 17.1 Å². The molecule has 0 fully saturated rings. The van der Waals surface area contributed by atoms with Crippen molar-refractivity contribution in [2.75, 3.05) is 0 Å². The first kappa shape index (κ1) is 11.6. The lowest BCUT2D eigenvalue weighted by Crippen LogP contribution is -1.95. The monoisotopic (exact) mass is 259 g/mol. The van der Waals surface area contributed by atoms with E-state index in [9.17, 15) is 9.50 Å². The van der Waals surface area contributed by atoms with E-state index in [0.717, 1.165) is 0 Å². The fourth-order valence-corrected chi connectivity index (χ4v) is 2.11. The summed E-state index contributed by atoms with van der Waals surface area (Å²) in [4.78, 5) is 4.06. The van der Waals surface area contributed by atoms with Crippen molar-refractivity contribution in [2.24, 2.45) is 0 Å². The molecule has 1 N–H and O–H groups in total. The van der Waals surface area contributed by atoms with Gasteiger partial charge in [0.15, 0.2) is 0 Å². The van der Waals surface area contributed by atoms with Crippen LogP contribution in [-0.2, 0) is 0 Å². The number of hydrogen-bond donors (Lipinski definition) is 1. The van der Waals surface area contributed by atoms with Gasteiger partial charge in [-0.3, -0.25) is 4.98 Å². The van der Waals surface area contributed by atoms with Crippen molar-refractivity contribution in [3.8, 4) is 0 Å². The number of aromatic nitrogens is 1. The number of nitrogens with zero attached hydrogens (tertiary/aromatic N) is 1. The molecule has 0 aliphatic carbocycles. The van der Waals surface area contributed by atoms with Crippen molar-refractivity contribution in [2.45, 2.75) is 13.0 Å². The summed E-state index contributed by atoms with van der Waals surface area (Å²) in [5.74, 6) is -0.482. The van der Waals surface area contributed by atoms with Crippen molar-refractivity contribution < 1.29 is 9.50 Å². The molecule has 5 heteroatoms. The molecule has 0 amide bonds. The summed E-state index contributed by atoms with van der Waals surface area (Å²) in [7, 11) is 0. The Morgan fingerprint density at radius 1 is 1.38 bits per heavy atom. The van der Waals surface area contributed by atoms with Crippen molar-refractivity contribution in [3.05, 3.63) is 39.8 Å². The topological polar surface area (TPSA) is 33.1 Å². The molecule has 0 aliphatic rings. The normalized spacial score (nSPS) is 13.1. The summed E-state index contributed by atoms with van der Waals surface area (Å²) in [5, 5.41) is 10.3. The highest BCUT2D eigenvalue weighted by atomic mass is 35.5. The van der Waals surface area contributed by atoms with Crippen LogP contribution in [0.3, 0.4) is 0 Å². The molecule has 1 aromatic heterocycles. The summed E-state index contributed by atoms with van der Waals surface area (Å²) < 4.78 is 13.2. The Hall–Kier alpha value is -0.900. The third kappa shape index (κ3) is 1.86. The number of rotatable bonds is 1. The maximum atomic E-state index is 13.2. The summed E-state index contributed by atoms with van der Waals surface area (Å²) in [5.41, 5.74) is 0.883. The van der Waals surface area contributed by atoms with Crippen molar-refractivity contribution in [1.82, 2.24) is 4.98 Å². The van der Waals surface area contributed by atoms with Gasteiger partial charge in [0.25, 0.3) is 0 Å². The molecule has 2 nitrogen and oxygen atoms in total. The van der Waals surface area contributed by atoms with E-state index in [2.05, 4.69) is 4.98 Å². The minimum Gasteiger partial charge on any atom is -0.389 e. The van der Waals surface area contributed by atoms with Gasteiger partial charge in [0.1, 0.15) is 5.82 Å². The first-order valence-electron chi connectivity index (χ1n) is 4.62. The molecular formula is C11H8Cl2FNO. The molecule has 0 saturated carbocycles. The van der Waals surface area contributed by atoms with Crippen LogP contribution in [0.4, 0.5) is 4.39 Å². The largest absolute Gasteiger partial charge is 0.389 e.